The van der Waals surface area contributed by atoms with E-state index in [1.54, 1.807) is 14.2 Å². The zero-order valence-corrected chi connectivity index (χ0v) is 10.9. The topological polar surface area (TPSA) is 21.7 Å². The number of hydrogen-bond donors (Lipinski definition) is 0. The van der Waals surface area contributed by atoms with E-state index in [9.17, 15) is 0 Å². The van der Waals surface area contributed by atoms with Gasteiger partial charge in [-0.05, 0) is 44.6 Å². The van der Waals surface area contributed by atoms with Crippen LogP contribution in [0.1, 0.15) is 30.9 Å². The van der Waals surface area contributed by atoms with E-state index >= 15 is 0 Å². The summed E-state index contributed by atoms with van der Waals surface area (Å²) in [6, 6.07) is 6.50. The SMILES string of the molecule is COc1ccc(OC)c([C@H]2CCCCN2C)c1. The van der Waals surface area contributed by atoms with Crippen LogP contribution in [0.5, 0.6) is 11.5 Å². The van der Waals surface area contributed by atoms with Crippen LogP contribution in [0.4, 0.5) is 0 Å². The monoisotopic (exact) mass is 235 g/mol. The highest BCUT2D eigenvalue weighted by Gasteiger charge is 2.23. The number of rotatable bonds is 3. The van der Waals surface area contributed by atoms with Gasteiger partial charge in [0.05, 0.1) is 14.2 Å². The first-order valence-electron chi connectivity index (χ1n) is 6.18. The van der Waals surface area contributed by atoms with Crippen molar-refractivity contribution in [1.29, 1.82) is 0 Å². The lowest BCUT2D eigenvalue weighted by Gasteiger charge is -2.33. The molecule has 1 saturated heterocycles. The summed E-state index contributed by atoms with van der Waals surface area (Å²) in [6.45, 7) is 1.16. The molecule has 1 aromatic rings. The first kappa shape index (κ1) is 12.2. The molecule has 0 radical (unpaired) electrons. The third-order valence-corrected chi connectivity index (χ3v) is 3.57. The van der Waals surface area contributed by atoms with Gasteiger partial charge in [-0.1, -0.05) is 6.42 Å². The van der Waals surface area contributed by atoms with Crippen molar-refractivity contribution in [3.05, 3.63) is 23.8 Å². The second-order valence-corrected chi connectivity index (χ2v) is 4.60. The van der Waals surface area contributed by atoms with Gasteiger partial charge < -0.3 is 9.47 Å². The molecule has 0 amide bonds. The summed E-state index contributed by atoms with van der Waals surface area (Å²) in [5.74, 6) is 1.87. The molecule has 0 aliphatic carbocycles. The Labute approximate surface area is 103 Å². The van der Waals surface area contributed by atoms with Gasteiger partial charge >= 0.3 is 0 Å². The molecule has 1 aliphatic rings. The predicted octanol–water partition coefficient (Wildman–Crippen LogP) is 2.86. The Balaban J connectivity index is 2.33. The molecule has 3 nitrogen and oxygen atoms in total. The van der Waals surface area contributed by atoms with Gasteiger partial charge in [-0.3, -0.25) is 4.90 Å². The third-order valence-electron chi connectivity index (χ3n) is 3.57. The number of hydrogen-bond acceptors (Lipinski definition) is 3. The lowest BCUT2D eigenvalue weighted by Crippen LogP contribution is -2.29. The summed E-state index contributed by atoms with van der Waals surface area (Å²) in [5.41, 5.74) is 1.24. The zero-order chi connectivity index (χ0) is 12.3. The number of benzene rings is 1. The standard InChI is InChI=1S/C14H21NO2/c1-15-9-5-4-6-13(15)12-10-11(16-2)7-8-14(12)17-3/h7-8,10,13H,4-6,9H2,1-3H3/t13-/m1/s1. The van der Waals surface area contributed by atoms with Gasteiger partial charge in [0, 0.05) is 11.6 Å². The van der Waals surface area contributed by atoms with Crippen LogP contribution in [0.15, 0.2) is 18.2 Å². The first-order valence-corrected chi connectivity index (χ1v) is 6.18. The summed E-state index contributed by atoms with van der Waals surface area (Å²) in [4.78, 5) is 2.40. The van der Waals surface area contributed by atoms with E-state index in [0.29, 0.717) is 6.04 Å². The Hall–Kier alpha value is -1.22. The quantitative estimate of drug-likeness (QED) is 0.804. The number of likely N-dealkylation sites (tertiary alicyclic amines) is 1. The van der Waals surface area contributed by atoms with Crippen LogP contribution in [0.2, 0.25) is 0 Å². The van der Waals surface area contributed by atoms with Crippen LogP contribution in [-0.4, -0.2) is 32.7 Å². The molecular formula is C14H21NO2. The highest BCUT2D eigenvalue weighted by Crippen LogP contribution is 2.37. The fraction of sp³-hybridized carbons (Fsp3) is 0.571. The van der Waals surface area contributed by atoms with Crippen molar-refractivity contribution in [3.63, 3.8) is 0 Å². The second-order valence-electron chi connectivity index (χ2n) is 4.60. The van der Waals surface area contributed by atoms with Crippen molar-refractivity contribution in [2.24, 2.45) is 0 Å². The maximum absolute atomic E-state index is 5.46. The van der Waals surface area contributed by atoms with Crippen molar-refractivity contribution >= 4 is 0 Å². The molecule has 1 heterocycles. The van der Waals surface area contributed by atoms with Gasteiger partial charge in [0.25, 0.3) is 0 Å². The summed E-state index contributed by atoms with van der Waals surface area (Å²) in [5, 5.41) is 0. The molecule has 1 fully saturated rings. The minimum atomic E-state index is 0.453. The van der Waals surface area contributed by atoms with Gasteiger partial charge in [0.2, 0.25) is 0 Å². The fourth-order valence-corrected chi connectivity index (χ4v) is 2.57. The average molecular weight is 235 g/mol. The molecule has 0 N–H and O–H groups in total. The van der Waals surface area contributed by atoms with Crippen molar-refractivity contribution in [2.45, 2.75) is 25.3 Å². The normalized spacial score (nSPS) is 21.2. The smallest absolute Gasteiger partial charge is 0.123 e. The van der Waals surface area contributed by atoms with Gasteiger partial charge in [-0.15, -0.1) is 0 Å². The minimum absolute atomic E-state index is 0.453. The maximum atomic E-state index is 5.46. The predicted molar refractivity (Wildman–Crippen MR) is 68.8 cm³/mol. The van der Waals surface area contributed by atoms with E-state index in [0.717, 1.165) is 18.0 Å². The van der Waals surface area contributed by atoms with Crippen LogP contribution in [0.3, 0.4) is 0 Å². The number of piperidine rings is 1. The van der Waals surface area contributed by atoms with E-state index in [1.807, 2.05) is 12.1 Å². The van der Waals surface area contributed by atoms with E-state index < -0.39 is 0 Å². The Bertz CT molecular complexity index is 378. The summed E-state index contributed by atoms with van der Waals surface area (Å²) >= 11 is 0. The largest absolute Gasteiger partial charge is 0.497 e. The van der Waals surface area contributed by atoms with Gasteiger partial charge in [-0.25, -0.2) is 0 Å². The maximum Gasteiger partial charge on any atom is 0.123 e. The summed E-state index contributed by atoms with van der Waals surface area (Å²) in [7, 11) is 5.62. The molecule has 3 heteroatoms. The molecule has 17 heavy (non-hydrogen) atoms. The average Bonchev–Trinajstić information content (AvgIpc) is 2.38. The van der Waals surface area contributed by atoms with Gasteiger partial charge in [0.15, 0.2) is 0 Å². The molecule has 0 aromatic heterocycles. The molecule has 1 atom stereocenters. The lowest BCUT2D eigenvalue weighted by atomic mass is 9.95. The molecule has 94 valence electrons. The van der Waals surface area contributed by atoms with Crippen LogP contribution in [-0.2, 0) is 0 Å². The molecule has 0 saturated carbocycles. The Morgan fingerprint density at radius 2 is 2.00 bits per heavy atom. The molecule has 2 rings (SSSR count). The Morgan fingerprint density at radius 1 is 1.18 bits per heavy atom. The number of nitrogens with zero attached hydrogens (tertiary/aromatic N) is 1. The zero-order valence-electron chi connectivity index (χ0n) is 10.9. The van der Waals surface area contributed by atoms with Crippen LogP contribution >= 0.6 is 0 Å². The fourth-order valence-electron chi connectivity index (χ4n) is 2.57. The Kier molecular flexibility index (Phi) is 3.89. The van der Waals surface area contributed by atoms with E-state index in [-0.39, 0.29) is 0 Å². The van der Waals surface area contributed by atoms with E-state index in [1.165, 1.54) is 24.8 Å². The van der Waals surface area contributed by atoms with Crippen LogP contribution in [0.25, 0.3) is 0 Å². The first-order chi connectivity index (χ1) is 8.26. The van der Waals surface area contributed by atoms with Crippen molar-refractivity contribution in [3.8, 4) is 11.5 Å². The highest BCUT2D eigenvalue weighted by atomic mass is 16.5. The van der Waals surface area contributed by atoms with Gasteiger partial charge in [0.1, 0.15) is 11.5 Å². The molecule has 0 unspecified atom stereocenters. The van der Waals surface area contributed by atoms with E-state index in [2.05, 4.69) is 18.0 Å². The highest BCUT2D eigenvalue weighted by molar-refractivity contribution is 5.42. The molecule has 1 aliphatic heterocycles. The second kappa shape index (κ2) is 5.41. The molecule has 0 bridgehead atoms. The minimum Gasteiger partial charge on any atom is -0.497 e. The van der Waals surface area contributed by atoms with E-state index in [4.69, 9.17) is 9.47 Å². The van der Waals surface area contributed by atoms with Gasteiger partial charge in [-0.2, -0.15) is 0 Å². The lowest BCUT2D eigenvalue weighted by molar-refractivity contribution is 0.183. The van der Waals surface area contributed by atoms with Crippen LogP contribution < -0.4 is 9.47 Å². The number of methoxy groups -OCH3 is 2. The summed E-state index contributed by atoms with van der Waals surface area (Å²) < 4.78 is 10.8. The van der Waals surface area contributed by atoms with Crippen molar-refractivity contribution in [1.82, 2.24) is 4.90 Å². The van der Waals surface area contributed by atoms with Crippen molar-refractivity contribution in [2.75, 3.05) is 27.8 Å². The third kappa shape index (κ3) is 2.55. The molecule has 0 spiro atoms. The summed E-state index contributed by atoms with van der Waals surface area (Å²) in [6.07, 6.45) is 3.77. The van der Waals surface area contributed by atoms with Crippen LogP contribution in [0, 0.1) is 0 Å². The number of ether oxygens (including phenoxy) is 2. The van der Waals surface area contributed by atoms with Crippen molar-refractivity contribution < 1.29 is 9.47 Å². The molecule has 1 aromatic carbocycles. The molecular weight excluding hydrogens is 214 g/mol. The Morgan fingerprint density at radius 3 is 2.65 bits per heavy atom.